The van der Waals surface area contributed by atoms with Crippen LogP contribution in [0.3, 0.4) is 0 Å². The highest BCUT2D eigenvalue weighted by molar-refractivity contribution is 7.86. The monoisotopic (exact) mass is 384 g/mol. The number of furan rings is 1. The summed E-state index contributed by atoms with van der Waals surface area (Å²) in [4.78, 5) is 14.0. The van der Waals surface area contributed by atoms with Crippen LogP contribution < -0.4 is 5.32 Å². The number of carbonyl (C=O) groups is 1. The third-order valence-electron chi connectivity index (χ3n) is 4.96. The molecule has 1 aromatic heterocycles. The summed E-state index contributed by atoms with van der Waals surface area (Å²) in [7, 11) is -3.37. The van der Waals surface area contributed by atoms with Crippen LogP contribution in [0.4, 0.5) is 0 Å². The predicted molar refractivity (Wildman–Crippen MR) is 97.5 cm³/mol. The van der Waals surface area contributed by atoms with Crippen LogP contribution >= 0.6 is 0 Å². The Hall–Kier alpha value is -1.42. The van der Waals surface area contributed by atoms with E-state index in [-0.39, 0.29) is 12.5 Å². The van der Waals surface area contributed by atoms with Gasteiger partial charge in [0.2, 0.25) is 5.91 Å². The molecule has 0 aromatic carbocycles. The molecule has 0 atom stereocenters. The summed E-state index contributed by atoms with van der Waals surface area (Å²) in [6, 6.07) is 3.60. The molecule has 1 amide bonds. The minimum Gasteiger partial charge on any atom is -0.467 e. The van der Waals surface area contributed by atoms with Crippen LogP contribution in [0.5, 0.6) is 0 Å². The summed E-state index contributed by atoms with van der Waals surface area (Å²) in [5.41, 5.74) is 0. The Morgan fingerprint density at radius 2 is 1.65 bits per heavy atom. The Labute approximate surface area is 155 Å². The molecule has 3 rings (SSSR count). The second-order valence-electron chi connectivity index (χ2n) is 6.85. The van der Waals surface area contributed by atoms with Crippen LogP contribution in [-0.2, 0) is 21.5 Å². The maximum Gasteiger partial charge on any atom is 0.282 e. The summed E-state index contributed by atoms with van der Waals surface area (Å²) in [5.74, 6) is 0.636. The standard InChI is InChI=1S/C17H28N4O4S/c22-17(18-14-16-6-5-13-25-16)15-19-9-11-21(12-10-19)26(23,24)20-7-3-1-2-4-8-20/h5-6,13H,1-4,7-12,14-15H2,(H,18,22). The zero-order chi connectivity index (χ0) is 18.4. The Balaban J connectivity index is 1.43. The molecule has 1 aromatic rings. The fraction of sp³-hybridized carbons (Fsp3) is 0.706. The van der Waals surface area contributed by atoms with Gasteiger partial charge in [-0.3, -0.25) is 9.69 Å². The van der Waals surface area contributed by atoms with Gasteiger partial charge in [-0.1, -0.05) is 12.8 Å². The summed E-state index contributed by atoms with van der Waals surface area (Å²) in [6.45, 7) is 3.90. The molecule has 8 nitrogen and oxygen atoms in total. The minimum atomic E-state index is -3.37. The lowest BCUT2D eigenvalue weighted by molar-refractivity contribution is -0.122. The quantitative estimate of drug-likeness (QED) is 0.778. The summed E-state index contributed by atoms with van der Waals surface area (Å²) in [6.07, 6.45) is 5.66. The van der Waals surface area contributed by atoms with E-state index < -0.39 is 10.2 Å². The number of nitrogens with one attached hydrogen (secondary N) is 1. The third kappa shape index (κ3) is 5.06. The van der Waals surface area contributed by atoms with Gasteiger partial charge in [-0.15, -0.1) is 0 Å². The highest BCUT2D eigenvalue weighted by atomic mass is 32.2. The lowest BCUT2D eigenvalue weighted by atomic mass is 10.2. The van der Waals surface area contributed by atoms with Crippen molar-refractivity contribution >= 4 is 16.1 Å². The van der Waals surface area contributed by atoms with Crippen molar-refractivity contribution in [2.24, 2.45) is 0 Å². The minimum absolute atomic E-state index is 0.0785. The number of nitrogens with zero attached hydrogens (tertiary/aromatic N) is 3. The Bertz CT molecular complexity index is 661. The molecular weight excluding hydrogens is 356 g/mol. The average molecular weight is 385 g/mol. The predicted octanol–water partition coefficient (Wildman–Crippen LogP) is 0.634. The Morgan fingerprint density at radius 3 is 2.27 bits per heavy atom. The zero-order valence-electron chi connectivity index (χ0n) is 15.1. The van der Waals surface area contributed by atoms with Crippen molar-refractivity contribution in [1.29, 1.82) is 0 Å². The van der Waals surface area contributed by atoms with Crippen molar-refractivity contribution < 1.29 is 17.6 Å². The summed E-state index contributed by atoms with van der Waals surface area (Å²) >= 11 is 0. The van der Waals surface area contributed by atoms with Gasteiger partial charge in [0.1, 0.15) is 5.76 Å². The van der Waals surface area contributed by atoms with Crippen molar-refractivity contribution in [2.75, 3.05) is 45.8 Å². The second kappa shape index (κ2) is 8.98. The first-order chi connectivity index (χ1) is 12.6. The van der Waals surface area contributed by atoms with Crippen molar-refractivity contribution in [3.8, 4) is 0 Å². The van der Waals surface area contributed by atoms with E-state index in [1.807, 2.05) is 11.0 Å². The molecule has 2 fully saturated rings. The lowest BCUT2D eigenvalue weighted by Gasteiger charge is -2.36. The van der Waals surface area contributed by atoms with Gasteiger partial charge in [0.15, 0.2) is 0 Å². The van der Waals surface area contributed by atoms with E-state index in [9.17, 15) is 13.2 Å². The molecule has 9 heteroatoms. The highest BCUT2D eigenvalue weighted by Crippen LogP contribution is 2.17. The molecule has 1 N–H and O–H groups in total. The Kier molecular flexibility index (Phi) is 6.68. The van der Waals surface area contributed by atoms with E-state index in [1.54, 1.807) is 20.9 Å². The van der Waals surface area contributed by atoms with E-state index in [0.717, 1.165) is 25.7 Å². The molecule has 0 spiro atoms. The molecule has 2 saturated heterocycles. The molecule has 2 aliphatic heterocycles. The molecule has 2 aliphatic rings. The van der Waals surface area contributed by atoms with Gasteiger partial charge in [0, 0.05) is 39.3 Å². The SMILES string of the molecule is O=C(CN1CCN(S(=O)(=O)N2CCCCCC2)CC1)NCc1ccco1. The number of hydrogen-bond acceptors (Lipinski definition) is 5. The van der Waals surface area contributed by atoms with Crippen LogP contribution in [-0.4, -0.2) is 73.6 Å². The molecule has 26 heavy (non-hydrogen) atoms. The molecule has 0 bridgehead atoms. The number of rotatable bonds is 6. The molecule has 146 valence electrons. The van der Waals surface area contributed by atoms with Gasteiger partial charge >= 0.3 is 0 Å². The first kappa shape index (κ1) is 19.3. The van der Waals surface area contributed by atoms with Crippen molar-refractivity contribution in [2.45, 2.75) is 32.2 Å². The van der Waals surface area contributed by atoms with Gasteiger partial charge in [0.25, 0.3) is 10.2 Å². The second-order valence-corrected chi connectivity index (χ2v) is 8.78. The van der Waals surface area contributed by atoms with E-state index in [1.165, 1.54) is 0 Å². The zero-order valence-corrected chi connectivity index (χ0v) is 15.9. The van der Waals surface area contributed by atoms with Crippen molar-refractivity contribution in [3.05, 3.63) is 24.2 Å². The summed E-state index contributed by atoms with van der Waals surface area (Å²) in [5, 5.41) is 2.82. The number of amides is 1. The van der Waals surface area contributed by atoms with E-state index in [2.05, 4.69) is 5.32 Å². The van der Waals surface area contributed by atoms with Gasteiger partial charge in [-0.25, -0.2) is 0 Å². The van der Waals surface area contributed by atoms with Gasteiger partial charge in [-0.05, 0) is 25.0 Å². The maximum absolute atomic E-state index is 12.8. The number of piperazine rings is 1. The fourth-order valence-corrected chi connectivity index (χ4v) is 5.08. The molecule has 0 radical (unpaired) electrons. The lowest BCUT2D eigenvalue weighted by Crippen LogP contribution is -2.54. The molecule has 3 heterocycles. The van der Waals surface area contributed by atoms with Gasteiger partial charge < -0.3 is 9.73 Å². The average Bonchev–Trinajstić information content (AvgIpc) is 3.00. The van der Waals surface area contributed by atoms with Crippen LogP contribution in [0.2, 0.25) is 0 Å². The normalized spacial score (nSPS) is 21.4. The number of carbonyl (C=O) groups excluding carboxylic acids is 1. The highest BCUT2D eigenvalue weighted by Gasteiger charge is 2.32. The van der Waals surface area contributed by atoms with Crippen molar-refractivity contribution in [3.63, 3.8) is 0 Å². The van der Waals surface area contributed by atoms with Crippen LogP contribution in [0, 0.1) is 0 Å². The fourth-order valence-electron chi connectivity index (χ4n) is 3.41. The Morgan fingerprint density at radius 1 is 1.00 bits per heavy atom. The van der Waals surface area contributed by atoms with E-state index in [4.69, 9.17) is 4.42 Å². The molecular formula is C17H28N4O4S. The number of hydrogen-bond donors (Lipinski definition) is 1. The first-order valence-electron chi connectivity index (χ1n) is 9.32. The molecule has 0 unspecified atom stereocenters. The van der Waals surface area contributed by atoms with Crippen molar-refractivity contribution in [1.82, 2.24) is 18.8 Å². The largest absolute Gasteiger partial charge is 0.467 e. The van der Waals surface area contributed by atoms with Gasteiger partial charge in [0.05, 0.1) is 19.4 Å². The van der Waals surface area contributed by atoms with Crippen LogP contribution in [0.25, 0.3) is 0 Å². The van der Waals surface area contributed by atoms with Crippen LogP contribution in [0.15, 0.2) is 22.8 Å². The maximum atomic E-state index is 12.8. The topological polar surface area (TPSA) is 86.1 Å². The molecule has 0 saturated carbocycles. The smallest absolute Gasteiger partial charge is 0.282 e. The molecule has 0 aliphatic carbocycles. The first-order valence-corrected chi connectivity index (χ1v) is 10.7. The summed E-state index contributed by atoms with van der Waals surface area (Å²) < 4.78 is 34.0. The van der Waals surface area contributed by atoms with Gasteiger partial charge in [-0.2, -0.15) is 17.0 Å². The van der Waals surface area contributed by atoms with E-state index >= 15 is 0 Å². The van der Waals surface area contributed by atoms with E-state index in [0.29, 0.717) is 51.6 Å². The third-order valence-corrected chi connectivity index (χ3v) is 6.99. The van der Waals surface area contributed by atoms with Crippen LogP contribution in [0.1, 0.15) is 31.4 Å².